The standard InChI is InChI=1S/C19H22N2O2/c1-13-3-2-4-14(7-13)15-8-16(20)11-21(10-15)17-5-6-18-19(9-17)23-12-22-18/h2-7,9,15-16H,8,10-12,20H2,1H3. The fraction of sp³-hybridized carbons (Fsp3) is 0.368. The molecular weight excluding hydrogens is 288 g/mol. The van der Waals surface area contributed by atoms with Crippen LogP contribution < -0.4 is 20.1 Å². The minimum Gasteiger partial charge on any atom is -0.454 e. The Morgan fingerprint density at radius 1 is 1.04 bits per heavy atom. The number of ether oxygens (including phenoxy) is 2. The molecule has 23 heavy (non-hydrogen) atoms. The van der Waals surface area contributed by atoms with Crippen LogP contribution in [0.25, 0.3) is 0 Å². The van der Waals surface area contributed by atoms with Crippen molar-refractivity contribution in [1.29, 1.82) is 0 Å². The third kappa shape index (κ3) is 2.86. The van der Waals surface area contributed by atoms with Gasteiger partial charge in [0.15, 0.2) is 11.5 Å². The van der Waals surface area contributed by atoms with Gasteiger partial charge in [0.1, 0.15) is 0 Å². The average molecular weight is 310 g/mol. The minimum atomic E-state index is 0.180. The molecule has 4 rings (SSSR count). The Morgan fingerprint density at radius 2 is 1.91 bits per heavy atom. The highest BCUT2D eigenvalue weighted by Crippen LogP contribution is 2.37. The van der Waals surface area contributed by atoms with Crippen molar-refractivity contribution >= 4 is 5.69 Å². The largest absolute Gasteiger partial charge is 0.454 e. The Bertz CT molecular complexity index is 716. The fourth-order valence-corrected chi connectivity index (χ4v) is 3.60. The van der Waals surface area contributed by atoms with E-state index in [0.717, 1.165) is 36.7 Å². The van der Waals surface area contributed by atoms with Crippen LogP contribution in [-0.4, -0.2) is 25.9 Å². The summed E-state index contributed by atoms with van der Waals surface area (Å²) in [6, 6.07) is 15.1. The lowest BCUT2D eigenvalue weighted by Crippen LogP contribution is -2.46. The summed E-state index contributed by atoms with van der Waals surface area (Å²) in [5.41, 5.74) is 10.2. The summed E-state index contributed by atoms with van der Waals surface area (Å²) in [5, 5.41) is 0. The first-order valence-electron chi connectivity index (χ1n) is 8.16. The maximum Gasteiger partial charge on any atom is 0.231 e. The van der Waals surface area contributed by atoms with Crippen LogP contribution >= 0.6 is 0 Å². The van der Waals surface area contributed by atoms with Crippen LogP contribution in [0.4, 0.5) is 5.69 Å². The molecule has 2 atom stereocenters. The zero-order valence-corrected chi connectivity index (χ0v) is 13.4. The highest BCUT2D eigenvalue weighted by atomic mass is 16.7. The number of nitrogens with zero attached hydrogens (tertiary/aromatic N) is 1. The molecule has 0 aliphatic carbocycles. The van der Waals surface area contributed by atoms with Crippen molar-refractivity contribution in [2.24, 2.45) is 5.73 Å². The van der Waals surface area contributed by atoms with E-state index in [-0.39, 0.29) is 6.04 Å². The van der Waals surface area contributed by atoms with Gasteiger partial charge in [-0.2, -0.15) is 0 Å². The SMILES string of the molecule is Cc1cccc(C2CC(N)CN(c3ccc4c(c3)OCO4)C2)c1. The van der Waals surface area contributed by atoms with E-state index in [0.29, 0.717) is 12.7 Å². The monoisotopic (exact) mass is 310 g/mol. The van der Waals surface area contributed by atoms with Gasteiger partial charge in [0.05, 0.1) is 0 Å². The van der Waals surface area contributed by atoms with Crippen molar-refractivity contribution in [2.45, 2.75) is 25.3 Å². The van der Waals surface area contributed by atoms with Crippen LogP contribution in [0.3, 0.4) is 0 Å². The molecule has 1 fully saturated rings. The molecule has 2 aromatic carbocycles. The summed E-state index contributed by atoms with van der Waals surface area (Å²) < 4.78 is 10.9. The fourth-order valence-electron chi connectivity index (χ4n) is 3.60. The zero-order valence-electron chi connectivity index (χ0n) is 13.4. The summed E-state index contributed by atoms with van der Waals surface area (Å²) >= 11 is 0. The summed E-state index contributed by atoms with van der Waals surface area (Å²) in [6.45, 7) is 4.31. The predicted molar refractivity (Wildman–Crippen MR) is 91.3 cm³/mol. The number of rotatable bonds is 2. The van der Waals surface area contributed by atoms with Gasteiger partial charge < -0.3 is 20.1 Å². The molecule has 4 nitrogen and oxygen atoms in total. The van der Waals surface area contributed by atoms with Gasteiger partial charge in [0.2, 0.25) is 6.79 Å². The molecule has 0 radical (unpaired) electrons. The first-order chi connectivity index (χ1) is 11.2. The van der Waals surface area contributed by atoms with Crippen molar-refractivity contribution in [3.05, 3.63) is 53.6 Å². The predicted octanol–water partition coefficient (Wildman–Crippen LogP) is 3.04. The van der Waals surface area contributed by atoms with Crippen molar-refractivity contribution in [3.8, 4) is 11.5 Å². The van der Waals surface area contributed by atoms with Crippen LogP contribution in [0, 0.1) is 6.92 Å². The molecule has 0 saturated carbocycles. The number of benzene rings is 2. The molecule has 2 heterocycles. The molecule has 0 aromatic heterocycles. The second-order valence-corrected chi connectivity index (χ2v) is 6.55. The second-order valence-electron chi connectivity index (χ2n) is 6.55. The van der Waals surface area contributed by atoms with Gasteiger partial charge >= 0.3 is 0 Å². The Kier molecular flexibility index (Phi) is 3.62. The Balaban J connectivity index is 1.59. The number of hydrogen-bond donors (Lipinski definition) is 1. The number of aryl methyl sites for hydroxylation is 1. The van der Waals surface area contributed by atoms with E-state index >= 15 is 0 Å². The van der Waals surface area contributed by atoms with E-state index in [1.54, 1.807) is 0 Å². The van der Waals surface area contributed by atoms with Crippen molar-refractivity contribution < 1.29 is 9.47 Å². The second kappa shape index (κ2) is 5.78. The number of nitrogens with two attached hydrogens (primary N) is 1. The van der Waals surface area contributed by atoms with Crippen LogP contribution in [-0.2, 0) is 0 Å². The molecule has 2 aliphatic rings. The van der Waals surface area contributed by atoms with Gasteiger partial charge in [0.25, 0.3) is 0 Å². The lowest BCUT2D eigenvalue weighted by Gasteiger charge is -2.38. The van der Waals surface area contributed by atoms with E-state index in [2.05, 4.69) is 48.2 Å². The minimum absolute atomic E-state index is 0.180. The summed E-state index contributed by atoms with van der Waals surface area (Å²) in [6.07, 6.45) is 1.03. The van der Waals surface area contributed by atoms with E-state index in [1.165, 1.54) is 11.1 Å². The summed E-state index contributed by atoms with van der Waals surface area (Å²) in [5.74, 6) is 2.11. The number of hydrogen-bond acceptors (Lipinski definition) is 4. The average Bonchev–Trinajstić information content (AvgIpc) is 3.02. The third-order valence-corrected chi connectivity index (χ3v) is 4.72. The molecule has 4 heteroatoms. The van der Waals surface area contributed by atoms with Crippen molar-refractivity contribution in [2.75, 3.05) is 24.8 Å². The van der Waals surface area contributed by atoms with Gasteiger partial charge in [0, 0.05) is 36.8 Å². The highest BCUT2D eigenvalue weighted by Gasteiger charge is 2.27. The Hall–Kier alpha value is -2.20. The lowest BCUT2D eigenvalue weighted by atomic mass is 9.87. The van der Waals surface area contributed by atoms with Crippen LogP contribution in [0.15, 0.2) is 42.5 Å². The van der Waals surface area contributed by atoms with Gasteiger partial charge in [-0.3, -0.25) is 0 Å². The number of piperidine rings is 1. The number of fused-ring (bicyclic) bond motifs is 1. The molecule has 2 unspecified atom stereocenters. The molecule has 120 valence electrons. The molecule has 0 amide bonds. The normalized spacial score (nSPS) is 23.1. The highest BCUT2D eigenvalue weighted by molar-refractivity contribution is 5.58. The van der Waals surface area contributed by atoms with Gasteiger partial charge in [-0.25, -0.2) is 0 Å². The first kappa shape index (κ1) is 14.4. The quantitative estimate of drug-likeness (QED) is 0.926. The van der Waals surface area contributed by atoms with Gasteiger partial charge in [-0.05, 0) is 31.0 Å². The molecular formula is C19H22N2O2. The van der Waals surface area contributed by atoms with Crippen molar-refractivity contribution in [1.82, 2.24) is 0 Å². The van der Waals surface area contributed by atoms with Crippen LogP contribution in [0.5, 0.6) is 11.5 Å². The molecule has 1 saturated heterocycles. The number of anilines is 1. The van der Waals surface area contributed by atoms with E-state index in [1.807, 2.05) is 6.07 Å². The Morgan fingerprint density at radius 3 is 2.78 bits per heavy atom. The molecule has 2 aromatic rings. The van der Waals surface area contributed by atoms with E-state index in [9.17, 15) is 0 Å². The van der Waals surface area contributed by atoms with E-state index < -0.39 is 0 Å². The summed E-state index contributed by atoms with van der Waals surface area (Å²) in [7, 11) is 0. The third-order valence-electron chi connectivity index (χ3n) is 4.72. The van der Waals surface area contributed by atoms with Crippen LogP contribution in [0.1, 0.15) is 23.5 Å². The van der Waals surface area contributed by atoms with Crippen LogP contribution in [0.2, 0.25) is 0 Å². The maximum absolute atomic E-state index is 6.34. The smallest absolute Gasteiger partial charge is 0.231 e. The molecule has 2 aliphatic heterocycles. The zero-order chi connectivity index (χ0) is 15.8. The first-order valence-corrected chi connectivity index (χ1v) is 8.16. The molecule has 0 spiro atoms. The Labute approximate surface area is 136 Å². The molecule has 2 N–H and O–H groups in total. The molecule has 0 bridgehead atoms. The lowest BCUT2D eigenvalue weighted by molar-refractivity contribution is 0.174. The van der Waals surface area contributed by atoms with Gasteiger partial charge in [-0.15, -0.1) is 0 Å². The van der Waals surface area contributed by atoms with Gasteiger partial charge in [-0.1, -0.05) is 29.8 Å². The van der Waals surface area contributed by atoms with Crippen molar-refractivity contribution in [3.63, 3.8) is 0 Å². The maximum atomic E-state index is 6.34. The summed E-state index contributed by atoms with van der Waals surface area (Å²) in [4.78, 5) is 2.36. The topological polar surface area (TPSA) is 47.7 Å². The van der Waals surface area contributed by atoms with E-state index in [4.69, 9.17) is 15.2 Å².